The molecule has 1 aliphatic rings. The number of nitrogens with zero attached hydrogens (tertiary/aromatic N) is 2. The first-order valence-corrected chi connectivity index (χ1v) is 7.43. The van der Waals surface area contributed by atoms with E-state index in [2.05, 4.69) is 17.2 Å². The molecule has 1 aliphatic heterocycles. The number of nitrogens with two attached hydrogens (primary N) is 1. The fourth-order valence-electron chi connectivity index (χ4n) is 1.75. The van der Waals surface area contributed by atoms with Crippen LogP contribution in [0.15, 0.2) is 0 Å². The highest BCUT2D eigenvalue weighted by atomic mass is 32.2. The van der Waals surface area contributed by atoms with Gasteiger partial charge in [-0.3, -0.25) is 4.79 Å². The molecule has 1 aromatic rings. The first-order valence-electron chi connectivity index (χ1n) is 5.46. The number of hydrogen-bond donors (Lipinski definition) is 2. The van der Waals surface area contributed by atoms with Crippen LogP contribution in [0, 0.1) is 0 Å². The van der Waals surface area contributed by atoms with Crippen molar-refractivity contribution < 1.29 is 4.79 Å². The lowest BCUT2D eigenvalue weighted by atomic mass is 10.3. The Morgan fingerprint density at radius 2 is 2.41 bits per heavy atom. The summed E-state index contributed by atoms with van der Waals surface area (Å²) in [5.74, 6) is 2.32. The van der Waals surface area contributed by atoms with Gasteiger partial charge >= 0.3 is 0 Å². The van der Waals surface area contributed by atoms with Crippen molar-refractivity contribution in [3.8, 4) is 0 Å². The molecule has 17 heavy (non-hydrogen) atoms. The molecule has 5 nitrogen and oxygen atoms in total. The lowest BCUT2D eigenvalue weighted by Crippen LogP contribution is -2.44. The third-order valence-electron chi connectivity index (χ3n) is 2.69. The summed E-state index contributed by atoms with van der Waals surface area (Å²) in [4.78, 5) is 18.9. The Hall–Kier alpha value is -0.950. The largest absolute Gasteiger partial charge is 0.382 e. The van der Waals surface area contributed by atoms with Crippen LogP contribution in [-0.2, 0) is 0 Å². The summed E-state index contributed by atoms with van der Waals surface area (Å²) in [6.07, 6.45) is 0. The SMILES string of the molecule is CNc1nc(N)c(C(=O)N2CCSCC2C)s1. The molecule has 0 aliphatic carbocycles. The first kappa shape index (κ1) is 12.5. The highest BCUT2D eigenvalue weighted by Crippen LogP contribution is 2.28. The summed E-state index contributed by atoms with van der Waals surface area (Å²) < 4.78 is 0. The molecular weight excluding hydrogens is 256 g/mol. The molecule has 0 aromatic carbocycles. The predicted molar refractivity (Wildman–Crippen MR) is 73.9 cm³/mol. The summed E-state index contributed by atoms with van der Waals surface area (Å²) >= 11 is 3.20. The predicted octanol–water partition coefficient (Wildman–Crippen LogP) is 1.34. The van der Waals surface area contributed by atoms with E-state index < -0.39 is 0 Å². The van der Waals surface area contributed by atoms with E-state index in [-0.39, 0.29) is 11.9 Å². The number of carbonyl (C=O) groups excluding carboxylic acids is 1. The van der Waals surface area contributed by atoms with E-state index in [1.165, 1.54) is 11.3 Å². The van der Waals surface area contributed by atoms with Crippen LogP contribution in [0.3, 0.4) is 0 Å². The topological polar surface area (TPSA) is 71.2 Å². The Morgan fingerprint density at radius 3 is 3.00 bits per heavy atom. The molecule has 1 fully saturated rings. The van der Waals surface area contributed by atoms with Gasteiger partial charge in [-0.15, -0.1) is 0 Å². The molecule has 0 radical (unpaired) electrons. The van der Waals surface area contributed by atoms with Crippen molar-refractivity contribution >= 4 is 40.0 Å². The molecule has 1 atom stereocenters. The Morgan fingerprint density at radius 1 is 1.65 bits per heavy atom. The van der Waals surface area contributed by atoms with Gasteiger partial charge in [-0.1, -0.05) is 11.3 Å². The quantitative estimate of drug-likeness (QED) is 0.850. The molecule has 1 saturated heterocycles. The number of thiazole rings is 1. The Labute approximate surface area is 109 Å². The number of anilines is 2. The van der Waals surface area contributed by atoms with Crippen LogP contribution in [0.5, 0.6) is 0 Å². The Balaban J connectivity index is 2.20. The molecule has 1 aromatic heterocycles. The number of aromatic nitrogens is 1. The zero-order chi connectivity index (χ0) is 12.4. The highest BCUT2D eigenvalue weighted by Gasteiger charge is 2.27. The zero-order valence-corrected chi connectivity index (χ0v) is 11.5. The van der Waals surface area contributed by atoms with Crippen LogP contribution in [0.25, 0.3) is 0 Å². The van der Waals surface area contributed by atoms with E-state index in [0.717, 1.165) is 18.1 Å². The molecular formula is C10H16N4OS2. The maximum absolute atomic E-state index is 12.3. The summed E-state index contributed by atoms with van der Waals surface area (Å²) in [6.45, 7) is 2.86. The van der Waals surface area contributed by atoms with Gasteiger partial charge in [0.1, 0.15) is 10.7 Å². The van der Waals surface area contributed by atoms with Gasteiger partial charge in [0.25, 0.3) is 5.91 Å². The number of nitrogens with one attached hydrogen (secondary N) is 1. The van der Waals surface area contributed by atoms with Gasteiger partial charge in [0.2, 0.25) is 0 Å². The molecule has 0 bridgehead atoms. The number of rotatable bonds is 2. The van der Waals surface area contributed by atoms with Crippen molar-refractivity contribution in [1.29, 1.82) is 0 Å². The first-order chi connectivity index (χ1) is 8.13. The van der Waals surface area contributed by atoms with Gasteiger partial charge in [0.05, 0.1) is 0 Å². The number of carbonyl (C=O) groups is 1. The Bertz CT molecular complexity index is 420. The highest BCUT2D eigenvalue weighted by molar-refractivity contribution is 7.99. The third-order valence-corrected chi connectivity index (χ3v) is 4.96. The summed E-state index contributed by atoms with van der Waals surface area (Å²) in [5, 5.41) is 3.59. The van der Waals surface area contributed by atoms with Gasteiger partial charge in [0, 0.05) is 31.1 Å². The van der Waals surface area contributed by atoms with Crippen LogP contribution in [0.4, 0.5) is 10.9 Å². The monoisotopic (exact) mass is 272 g/mol. The molecule has 1 amide bonds. The van der Waals surface area contributed by atoms with Gasteiger partial charge in [-0.25, -0.2) is 4.98 Å². The fraction of sp³-hybridized carbons (Fsp3) is 0.600. The van der Waals surface area contributed by atoms with Gasteiger partial charge in [-0.2, -0.15) is 11.8 Å². The van der Waals surface area contributed by atoms with Crippen molar-refractivity contribution in [2.45, 2.75) is 13.0 Å². The zero-order valence-electron chi connectivity index (χ0n) is 9.90. The molecule has 2 heterocycles. The summed E-state index contributed by atoms with van der Waals surface area (Å²) in [5.41, 5.74) is 5.78. The van der Waals surface area contributed by atoms with Crippen LogP contribution in [0.2, 0.25) is 0 Å². The van der Waals surface area contributed by atoms with Crippen molar-refractivity contribution in [3.63, 3.8) is 0 Å². The standard InChI is InChI=1S/C10H16N4OS2/c1-6-5-16-4-3-14(6)9(15)7-8(11)13-10(12-2)17-7/h6H,3-5,11H2,1-2H3,(H,12,13). The maximum Gasteiger partial charge on any atom is 0.268 e. The van der Waals surface area contributed by atoms with Crippen LogP contribution < -0.4 is 11.1 Å². The molecule has 7 heteroatoms. The van der Waals surface area contributed by atoms with E-state index in [0.29, 0.717) is 15.8 Å². The minimum Gasteiger partial charge on any atom is -0.382 e. The average Bonchev–Trinajstić information content (AvgIpc) is 2.70. The molecule has 2 rings (SSSR count). The molecule has 0 spiro atoms. The molecule has 0 saturated carbocycles. The number of nitrogen functional groups attached to an aromatic ring is 1. The Kier molecular flexibility index (Phi) is 3.78. The molecule has 94 valence electrons. The van der Waals surface area contributed by atoms with Crippen molar-refractivity contribution in [3.05, 3.63) is 4.88 Å². The van der Waals surface area contributed by atoms with E-state index in [1.54, 1.807) is 7.05 Å². The number of hydrogen-bond acceptors (Lipinski definition) is 6. The third kappa shape index (κ3) is 2.50. The molecule has 1 unspecified atom stereocenters. The second-order valence-electron chi connectivity index (χ2n) is 3.91. The summed E-state index contributed by atoms with van der Waals surface area (Å²) in [6, 6.07) is 0.265. The average molecular weight is 272 g/mol. The molecule has 3 N–H and O–H groups in total. The van der Waals surface area contributed by atoms with Crippen LogP contribution >= 0.6 is 23.1 Å². The van der Waals surface area contributed by atoms with Crippen molar-refractivity contribution in [1.82, 2.24) is 9.88 Å². The normalized spacial score (nSPS) is 20.4. The van der Waals surface area contributed by atoms with Gasteiger partial charge < -0.3 is 16.0 Å². The minimum atomic E-state index is 0.00861. The lowest BCUT2D eigenvalue weighted by Gasteiger charge is -2.32. The van der Waals surface area contributed by atoms with Crippen molar-refractivity contribution in [2.24, 2.45) is 0 Å². The number of amides is 1. The van der Waals surface area contributed by atoms with Gasteiger partial charge in [0.15, 0.2) is 5.13 Å². The second-order valence-corrected chi connectivity index (χ2v) is 6.05. The maximum atomic E-state index is 12.3. The minimum absolute atomic E-state index is 0.00861. The van der Waals surface area contributed by atoms with E-state index in [9.17, 15) is 4.79 Å². The lowest BCUT2D eigenvalue weighted by molar-refractivity contribution is 0.0722. The van der Waals surface area contributed by atoms with Gasteiger partial charge in [-0.05, 0) is 6.92 Å². The van der Waals surface area contributed by atoms with Crippen LogP contribution in [-0.4, -0.2) is 46.9 Å². The second kappa shape index (κ2) is 5.14. The fourth-order valence-corrected chi connectivity index (χ4v) is 3.56. The van der Waals surface area contributed by atoms with Crippen molar-refractivity contribution in [2.75, 3.05) is 36.1 Å². The summed E-state index contributed by atoms with van der Waals surface area (Å²) in [7, 11) is 1.77. The van der Waals surface area contributed by atoms with E-state index >= 15 is 0 Å². The van der Waals surface area contributed by atoms with Crippen LogP contribution in [0.1, 0.15) is 16.6 Å². The van der Waals surface area contributed by atoms with E-state index in [1.807, 2.05) is 16.7 Å². The van der Waals surface area contributed by atoms with E-state index in [4.69, 9.17) is 5.73 Å². The number of thioether (sulfide) groups is 1. The smallest absolute Gasteiger partial charge is 0.268 e.